The fraction of sp³-hybridized carbons (Fsp3) is 0.938. The first kappa shape index (κ1) is 16.5. The molecule has 0 spiro atoms. The first-order valence-electron chi connectivity index (χ1n) is 8.09. The number of unbranched alkanes of at least 4 members (excludes halogenated alkanes) is 4. The van der Waals surface area contributed by atoms with Gasteiger partial charge in [0.05, 0.1) is 0 Å². The molecule has 1 rings (SSSR count). The molecule has 1 N–H and O–H groups in total. The van der Waals surface area contributed by atoms with Crippen LogP contribution in [0.25, 0.3) is 0 Å². The van der Waals surface area contributed by atoms with Crippen molar-refractivity contribution in [2.24, 2.45) is 5.92 Å². The van der Waals surface area contributed by atoms with Crippen LogP contribution in [-0.4, -0.2) is 35.1 Å². The summed E-state index contributed by atoms with van der Waals surface area (Å²) in [6.45, 7) is 6.70. The van der Waals surface area contributed by atoms with Crippen LogP contribution in [0.3, 0.4) is 0 Å². The highest BCUT2D eigenvalue weighted by molar-refractivity contribution is 5.67. The third-order valence-corrected chi connectivity index (χ3v) is 4.36. The molecule has 0 aliphatic carbocycles. The van der Waals surface area contributed by atoms with Crippen molar-refractivity contribution in [3.63, 3.8) is 0 Å². The van der Waals surface area contributed by atoms with E-state index in [1.807, 2.05) is 0 Å². The van der Waals surface area contributed by atoms with E-state index >= 15 is 0 Å². The van der Waals surface area contributed by atoms with E-state index in [1.54, 1.807) is 0 Å². The summed E-state index contributed by atoms with van der Waals surface area (Å²) in [5.74, 6) is -0.270. The minimum atomic E-state index is -0.640. The standard InChI is InChI=1S/C16H31NO2/c1-3-4-5-6-7-9-14(2)17-11-8-10-15(13-17)12-16(18)19/h14-15H,3-13H2,1-2H3,(H,18,19). The summed E-state index contributed by atoms with van der Waals surface area (Å²) in [6.07, 6.45) is 10.6. The number of rotatable bonds is 9. The molecule has 0 saturated carbocycles. The van der Waals surface area contributed by atoms with Gasteiger partial charge in [-0.2, -0.15) is 0 Å². The first-order chi connectivity index (χ1) is 9.13. The maximum Gasteiger partial charge on any atom is 0.303 e. The van der Waals surface area contributed by atoms with E-state index < -0.39 is 5.97 Å². The van der Waals surface area contributed by atoms with Gasteiger partial charge in [-0.1, -0.05) is 39.0 Å². The largest absolute Gasteiger partial charge is 0.481 e. The Bertz CT molecular complexity index is 255. The predicted molar refractivity (Wildman–Crippen MR) is 79.4 cm³/mol. The number of carbonyl (C=O) groups is 1. The molecule has 0 amide bonds. The molecule has 1 aliphatic heterocycles. The zero-order chi connectivity index (χ0) is 14.1. The van der Waals surface area contributed by atoms with Gasteiger partial charge in [0.1, 0.15) is 0 Å². The average molecular weight is 269 g/mol. The molecular weight excluding hydrogens is 238 g/mol. The van der Waals surface area contributed by atoms with Crippen molar-refractivity contribution in [3.8, 4) is 0 Å². The van der Waals surface area contributed by atoms with Gasteiger partial charge in [-0.05, 0) is 38.6 Å². The van der Waals surface area contributed by atoms with Crippen LogP contribution < -0.4 is 0 Å². The average Bonchev–Trinajstić information content (AvgIpc) is 2.38. The van der Waals surface area contributed by atoms with Crippen molar-refractivity contribution in [2.45, 2.75) is 77.7 Å². The molecule has 19 heavy (non-hydrogen) atoms. The summed E-state index contributed by atoms with van der Waals surface area (Å²) in [4.78, 5) is 13.3. The maximum atomic E-state index is 10.8. The lowest BCUT2D eigenvalue weighted by Gasteiger charge is -2.36. The van der Waals surface area contributed by atoms with Gasteiger partial charge >= 0.3 is 5.97 Å². The van der Waals surface area contributed by atoms with Crippen LogP contribution in [0.5, 0.6) is 0 Å². The fourth-order valence-corrected chi connectivity index (χ4v) is 3.14. The molecule has 2 unspecified atom stereocenters. The summed E-state index contributed by atoms with van der Waals surface area (Å²) >= 11 is 0. The number of hydrogen-bond donors (Lipinski definition) is 1. The van der Waals surface area contributed by atoms with E-state index in [1.165, 1.54) is 38.5 Å². The Labute approximate surface area is 118 Å². The number of likely N-dealkylation sites (tertiary alicyclic amines) is 1. The Morgan fingerprint density at radius 2 is 2.05 bits per heavy atom. The molecule has 2 atom stereocenters. The summed E-state index contributed by atoms with van der Waals surface area (Å²) in [5, 5.41) is 8.90. The summed E-state index contributed by atoms with van der Waals surface area (Å²) in [5.41, 5.74) is 0. The zero-order valence-corrected chi connectivity index (χ0v) is 12.7. The lowest BCUT2D eigenvalue weighted by Crippen LogP contribution is -2.41. The minimum Gasteiger partial charge on any atom is -0.481 e. The van der Waals surface area contributed by atoms with Gasteiger partial charge in [0.25, 0.3) is 0 Å². The highest BCUT2D eigenvalue weighted by Gasteiger charge is 2.24. The minimum absolute atomic E-state index is 0.347. The Hall–Kier alpha value is -0.570. The van der Waals surface area contributed by atoms with Gasteiger partial charge < -0.3 is 10.0 Å². The van der Waals surface area contributed by atoms with E-state index in [-0.39, 0.29) is 0 Å². The molecule has 1 aliphatic rings. The lowest BCUT2D eigenvalue weighted by atomic mass is 9.93. The van der Waals surface area contributed by atoms with Crippen LogP contribution in [0.1, 0.15) is 71.6 Å². The topological polar surface area (TPSA) is 40.5 Å². The van der Waals surface area contributed by atoms with Crippen LogP contribution in [-0.2, 0) is 4.79 Å². The predicted octanol–water partition coefficient (Wildman–Crippen LogP) is 3.92. The molecule has 3 nitrogen and oxygen atoms in total. The maximum absolute atomic E-state index is 10.8. The van der Waals surface area contributed by atoms with Crippen LogP contribution in [0.2, 0.25) is 0 Å². The van der Waals surface area contributed by atoms with Gasteiger partial charge in [0.15, 0.2) is 0 Å². The van der Waals surface area contributed by atoms with Gasteiger partial charge in [0.2, 0.25) is 0 Å². The van der Waals surface area contributed by atoms with Crippen molar-refractivity contribution >= 4 is 5.97 Å². The van der Waals surface area contributed by atoms with Gasteiger partial charge in [-0.25, -0.2) is 0 Å². The van der Waals surface area contributed by atoms with E-state index in [9.17, 15) is 4.79 Å². The van der Waals surface area contributed by atoms with Crippen LogP contribution in [0.4, 0.5) is 0 Å². The summed E-state index contributed by atoms with van der Waals surface area (Å²) in [7, 11) is 0. The number of nitrogens with zero attached hydrogens (tertiary/aromatic N) is 1. The van der Waals surface area contributed by atoms with Crippen molar-refractivity contribution in [1.82, 2.24) is 4.90 Å². The third-order valence-electron chi connectivity index (χ3n) is 4.36. The molecule has 0 aromatic carbocycles. The Morgan fingerprint density at radius 3 is 2.74 bits per heavy atom. The zero-order valence-electron chi connectivity index (χ0n) is 12.7. The van der Waals surface area contributed by atoms with Gasteiger partial charge in [-0.3, -0.25) is 4.79 Å². The van der Waals surface area contributed by atoms with Crippen LogP contribution >= 0.6 is 0 Å². The molecule has 0 bridgehead atoms. The van der Waals surface area contributed by atoms with Crippen molar-refractivity contribution in [2.75, 3.05) is 13.1 Å². The number of carboxylic acid groups (broad SMARTS) is 1. The number of hydrogen-bond acceptors (Lipinski definition) is 2. The van der Waals surface area contributed by atoms with E-state index in [0.29, 0.717) is 18.4 Å². The van der Waals surface area contributed by atoms with E-state index in [4.69, 9.17) is 5.11 Å². The monoisotopic (exact) mass is 269 g/mol. The molecule has 112 valence electrons. The highest BCUT2D eigenvalue weighted by Crippen LogP contribution is 2.23. The van der Waals surface area contributed by atoms with Gasteiger partial charge in [0, 0.05) is 19.0 Å². The molecule has 0 aromatic heterocycles. The third kappa shape index (κ3) is 6.95. The van der Waals surface area contributed by atoms with E-state index in [0.717, 1.165) is 25.9 Å². The Balaban J connectivity index is 2.19. The fourth-order valence-electron chi connectivity index (χ4n) is 3.14. The Morgan fingerprint density at radius 1 is 1.32 bits per heavy atom. The first-order valence-corrected chi connectivity index (χ1v) is 8.09. The quantitative estimate of drug-likeness (QED) is 0.645. The molecule has 1 heterocycles. The van der Waals surface area contributed by atoms with Crippen molar-refractivity contribution in [1.29, 1.82) is 0 Å². The summed E-state index contributed by atoms with van der Waals surface area (Å²) in [6, 6.07) is 0.623. The molecule has 3 heteroatoms. The second-order valence-electron chi connectivity index (χ2n) is 6.15. The smallest absolute Gasteiger partial charge is 0.303 e. The number of piperidine rings is 1. The number of aliphatic carboxylic acids is 1. The van der Waals surface area contributed by atoms with Crippen LogP contribution in [0, 0.1) is 5.92 Å². The van der Waals surface area contributed by atoms with Crippen molar-refractivity contribution < 1.29 is 9.90 Å². The molecular formula is C16H31NO2. The lowest BCUT2D eigenvalue weighted by molar-refractivity contribution is -0.138. The highest BCUT2D eigenvalue weighted by atomic mass is 16.4. The van der Waals surface area contributed by atoms with Crippen LogP contribution in [0.15, 0.2) is 0 Å². The normalized spacial score (nSPS) is 22.3. The second-order valence-corrected chi connectivity index (χ2v) is 6.15. The molecule has 1 fully saturated rings. The van der Waals surface area contributed by atoms with E-state index in [2.05, 4.69) is 18.7 Å². The SMILES string of the molecule is CCCCCCCC(C)N1CCCC(CC(=O)O)C1. The second kappa shape index (κ2) is 9.35. The molecule has 1 saturated heterocycles. The van der Waals surface area contributed by atoms with Crippen molar-refractivity contribution in [3.05, 3.63) is 0 Å². The summed E-state index contributed by atoms with van der Waals surface area (Å²) < 4.78 is 0. The molecule has 0 radical (unpaired) electrons. The van der Waals surface area contributed by atoms with Gasteiger partial charge in [-0.15, -0.1) is 0 Å². The molecule has 0 aromatic rings. The Kier molecular flexibility index (Phi) is 8.11. The number of carboxylic acids is 1.